The molecule has 0 saturated carbocycles. The first-order valence-electron chi connectivity index (χ1n) is 10.4. The SMILES string of the molecule is Cc1nc(-c2cccs2)sc1-c1ccc(=O)n(CCNC(=O)c2cc(=O)c3ccccc3o2)n1. The van der Waals surface area contributed by atoms with Crippen LogP contribution in [-0.4, -0.2) is 27.2 Å². The van der Waals surface area contributed by atoms with Gasteiger partial charge >= 0.3 is 0 Å². The second-order valence-corrected chi connectivity index (χ2v) is 9.36. The van der Waals surface area contributed by atoms with Crippen LogP contribution in [0, 0.1) is 6.92 Å². The van der Waals surface area contributed by atoms with Crippen LogP contribution in [0.3, 0.4) is 0 Å². The van der Waals surface area contributed by atoms with Gasteiger partial charge in [-0.1, -0.05) is 18.2 Å². The lowest BCUT2D eigenvalue weighted by molar-refractivity contribution is 0.0924. The first-order chi connectivity index (χ1) is 16.5. The van der Waals surface area contributed by atoms with Crippen LogP contribution in [0.2, 0.25) is 0 Å². The van der Waals surface area contributed by atoms with Crippen LogP contribution in [0.25, 0.3) is 31.4 Å². The fourth-order valence-electron chi connectivity index (χ4n) is 3.45. The number of carbonyl (C=O) groups excluding carboxylic acids is 1. The minimum absolute atomic E-state index is 0.0841. The Labute approximate surface area is 201 Å². The van der Waals surface area contributed by atoms with Crippen molar-refractivity contribution in [2.24, 2.45) is 0 Å². The van der Waals surface area contributed by atoms with Crippen LogP contribution in [0.1, 0.15) is 16.2 Å². The maximum absolute atomic E-state index is 12.5. The number of fused-ring (bicyclic) bond motifs is 1. The molecule has 0 aliphatic heterocycles. The molecular weight excluding hydrogens is 472 g/mol. The van der Waals surface area contributed by atoms with E-state index in [2.05, 4.69) is 15.4 Å². The average Bonchev–Trinajstić information content (AvgIpc) is 3.50. The third kappa shape index (κ3) is 4.33. The van der Waals surface area contributed by atoms with E-state index in [0.29, 0.717) is 16.7 Å². The predicted octanol–water partition coefficient (Wildman–Crippen LogP) is 3.94. The molecule has 0 aliphatic rings. The molecule has 170 valence electrons. The maximum atomic E-state index is 12.5. The van der Waals surface area contributed by atoms with Crippen LogP contribution in [-0.2, 0) is 6.54 Å². The molecule has 0 spiro atoms. The van der Waals surface area contributed by atoms with Crippen LogP contribution in [0.15, 0.2) is 74.0 Å². The van der Waals surface area contributed by atoms with E-state index in [4.69, 9.17) is 4.42 Å². The Hall–Kier alpha value is -3.89. The summed E-state index contributed by atoms with van der Waals surface area (Å²) in [6, 6.07) is 15.0. The van der Waals surface area contributed by atoms with E-state index in [-0.39, 0.29) is 29.8 Å². The van der Waals surface area contributed by atoms with Gasteiger partial charge in [-0.25, -0.2) is 9.67 Å². The van der Waals surface area contributed by atoms with Gasteiger partial charge in [-0.3, -0.25) is 14.4 Å². The minimum Gasteiger partial charge on any atom is -0.451 e. The number of carbonyl (C=O) groups is 1. The Bertz CT molecular complexity index is 1620. The summed E-state index contributed by atoms with van der Waals surface area (Å²) in [6.45, 7) is 2.21. The maximum Gasteiger partial charge on any atom is 0.287 e. The van der Waals surface area contributed by atoms with Crippen molar-refractivity contribution in [2.75, 3.05) is 6.54 Å². The van der Waals surface area contributed by atoms with Gasteiger partial charge in [0.1, 0.15) is 16.3 Å². The summed E-state index contributed by atoms with van der Waals surface area (Å²) >= 11 is 3.14. The summed E-state index contributed by atoms with van der Waals surface area (Å²) in [7, 11) is 0. The fourth-order valence-corrected chi connectivity index (χ4v) is 5.28. The van der Waals surface area contributed by atoms with Gasteiger partial charge in [-0.05, 0) is 36.6 Å². The second-order valence-electron chi connectivity index (χ2n) is 7.42. The summed E-state index contributed by atoms with van der Waals surface area (Å²) in [5, 5.41) is 10.5. The van der Waals surface area contributed by atoms with E-state index in [1.165, 1.54) is 28.2 Å². The van der Waals surface area contributed by atoms with Crippen molar-refractivity contribution in [3.05, 3.63) is 92.0 Å². The number of hydrogen-bond acceptors (Lipinski definition) is 8. The summed E-state index contributed by atoms with van der Waals surface area (Å²) in [5.74, 6) is -0.620. The van der Waals surface area contributed by atoms with Crippen LogP contribution < -0.4 is 16.3 Å². The number of nitrogens with one attached hydrogen (secondary N) is 1. The molecule has 0 atom stereocenters. The molecule has 0 bridgehead atoms. The largest absolute Gasteiger partial charge is 0.451 e. The van der Waals surface area contributed by atoms with Crippen molar-refractivity contribution in [3.63, 3.8) is 0 Å². The van der Waals surface area contributed by atoms with Crippen molar-refractivity contribution in [1.29, 1.82) is 0 Å². The zero-order valence-electron chi connectivity index (χ0n) is 18.0. The molecule has 0 fully saturated rings. The quantitative estimate of drug-likeness (QED) is 0.386. The van der Waals surface area contributed by atoms with E-state index >= 15 is 0 Å². The summed E-state index contributed by atoms with van der Waals surface area (Å²) in [5.41, 5.74) is 1.25. The number of nitrogens with zero attached hydrogens (tertiary/aromatic N) is 3. The van der Waals surface area contributed by atoms with E-state index in [1.807, 2.05) is 24.4 Å². The third-order valence-electron chi connectivity index (χ3n) is 5.10. The van der Waals surface area contributed by atoms with E-state index in [1.54, 1.807) is 41.7 Å². The summed E-state index contributed by atoms with van der Waals surface area (Å²) < 4.78 is 6.85. The Balaban J connectivity index is 1.31. The lowest BCUT2D eigenvalue weighted by Gasteiger charge is -2.08. The highest BCUT2D eigenvalue weighted by Gasteiger charge is 2.15. The summed E-state index contributed by atoms with van der Waals surface area (Å²) in [6.07, 6.45) is 0. The number of hydrogen-bond donors (Lipinski definition) is 1. The molecule has 10 heteroatoms. The Morgan fingerprint density at radius 3 is 2.79 bits per heavy atom. The zero-order valence-corrected chi connectivity index (χ0v) is 19.6. The highest BCUT2D eigenvalue weighted by molar-refractivity contribution is 7.23. The molecule has 1 N–H and O–H groups in total. The number of para-hydroxylation sites is 1. The van der Waals surface area contributed by atoms with Gasteiger partial charge in [0, 0.05) is 18.7 Å². The lowest BCUT2D eigenvalue weighted by atomic mass is 10.2. The van der Waals surface area contributed by atoms with Gasteiger partial charge in [0.05, 0.1) is 27.4 Å². The molecule has 1 amide bonds. The zero-order chi connectivity index (χ0) is 23.7. The minimum atomic E-state index is -0.536. The number of rotatable bonds is 6. The highest BCUT2D eigenvalue weighted by Crippen LogP contribution is 2.35. The van der Waals surface area contributed by atoms with Crippen molar-refractivity contribution >= 4 is 39.5 Å². The van der Waals surface area contributed by atoms with Gasteiger partial charge in [-0.2, -0.15) is 5.10 Å². The third-order valence-corrected chi connectivity index (χ3v) is 7.31. The highest BCUT2D eigenvalue weighted by atomic mass is 32.1. The molecule has 8 nitrogen and oxygen atoms in total. The van der Waals surface area contributed by atoms with Gasteiger partial charge in [0.15, 0.2) is 11.2 Å². The van der Waals surface area contributed by atoms with Gasteiger partial charge < -0.3 is 9.73 Å². The second kappa shape index (κ2) is 9.16. The number of amides is 1. The van der Waals surface area contributed by atoms with E-state index < -0.39 is 5.91 Å². The Morgan fingerprint density at radius 2 is 1.97 bits per heavy atom. The number of thiazole rings is 1. The Morgan fingerprint density at radius 1 is 1.12 bits per heavy atom. The fraction of sp³-hybridized carbons (Fsp3) is 0.125. The molecule has 5 rings (SSSR count). The summed E-state index contributed by atoms with van der Waals surface area (Å²) in [4.78, 5) is 43.7. The first-order valence-corrected chi connectivity index (χ1v) is 12.1. The van der Waals surface area contributed by atoms with Crippen molar-refractivity contribution in [1.82, 2.24) is 20.1 Å². The number of benzene rings is 1. The van der Waals surface area contributed by atoms with Gasteiger partial charge in [0.25, 0.3) is 11.5 Å². The Kier molecular flexibility index (Phi) is 5.91. The topological polar surface area (TPSA) is 107 Å². The smallest absolute Gasteiger partial charge is 0.287 e. The molecule has 34 heavy (non-hydrogen) atoms. The number of aromatic nitrogens is 3. The van der Waals surface area contributed by atoms with E-state index in [0.717, 1.165) is 20.5 Å². The molecule has 4 heterocycles. The van der Waals surface area contributed by atoms with Crippen LogP contribution in [0.5, 0.6) is 0 Å². The molecular formula is C24H18N4O4S2. The first kappa shape index (κ1) is 21.9. The van der Waals surface area contributed by atoms with Crippen molar-refractivity contribution in [3.8, 4) is 20.5 Å². The molecule has 4 aromatic heterocycles. The molecule has 0 unspecified atom stereocenters. The molecule has 0 saturated heterocycles. The molecule has 5 aromatic rings. The standard InChI is InChI=1S/C24H18N4O4S2/c1-14-22(34-24(26-14)20-7-4-12-33-20)16-8-9-21(30)28(27-16)11-10-25-23(31)19-13-17(29)15-5-2-3-6-18(15)32-19/h2-9,12-13H,10-11H2,1H3,(H,25,31). The van der Waals surface area contributed by atoms with Gasteiger partial charge in [-0.15, -0.1) is 22.7 Å². The molecule has 0 aliphatic carbocycles. The number of aryl methyl sites for hydroxylation is 1. The van der Waals surface area contributed by atoms with Gasteiger partial charge in [0.2, 0.25) is 0 Å². The van der Waals surface area contributed by atoms with Crippen molar-refractivity contribution < 1.29 is 9.21 Å². The predicted molar refractivity (Wildman–Crippen MR) is 132 cm³/mol. The lowest BCUT2D eigenvalue weighted by Crippen LogP contribution is -2.32. The molecule has 1 aromatic carbocycles. The average molecular weight is 491 g/mol. The van der Waals surface area contributed by atoms with Crippen molar-refractivity contribution in [2.45, 2.75) is 13.5 Å². The monoisotopic (exact) mass is 490 g/mol. The van der Waals surface area contributed by atoms with E-state index in [9.17, 15) is 14.4 Å². The van der Waals surface area contributed by atoms with Crippen LogP contribution >= 0.6 is 22.7 Å². The normalized spacial score (nSPS) is 11.1. The van der Waals surface area contributed by atoms with Crippen LogP contribution in [0.4, 0.5) is 0 Å². The number of thiophene rings is 1. The molecule has 0 radical (unpaired) electrons.